The van der Waals surface area contributed by atoms with Crippen LogP contribution in [0.15, 0.2) is 48.7 Å². The summed E-state index contributed by atoms with van der Waals surface area (Å²) in [6.07, 6.45) is 1.74. The normalized spacial score (nSPS) is 14.7. The molecule has 1 amide bonds. The standard InChI is InChI=1S/C20H22N4O2/c1-2-26-18-9-4-3-8-17(18)23-10-12-24(13-11-23)20(25)16-7-5-6-15-14-21-22-19(15)16/h3-9,14H,2,10-13H2,1H3,(H,21,22). The van der Waals surface area contributed by atoms with Crippen molar-refractivity contribution in [3.8, 4) is 5.75 Å². The third-order valence-electron chi connectivity index (χ3n) is 4.78. The highest BCUT2D eigenvalue weighted by atomic mass is 16.5. The summed E-state index contributed by atoms with van der Waals surface area (Å²) in [6, 6.07) is 13.8. The Labute approximate surface area is 152 Å². The molecule has 1 N–H and O–H groups in total. The number of carbonyl (C=O) groups is 1. The number of ether oxygens (including phenoxy) is 1. The first-order valence-electron chi connectivity index (χ1n) is 8.96. The van der Waals surface area contributed by atoms with Gasteiger partial charge in [-0.25, -0.2) is 0 Å². The molecule has 0 spiro atoms. The minimum absolute atomic E-state index is 0.0533. The van der Waals surface area contributed by atoms with E-state index in [0.717, 1.165) is 35.4 Å². The van der Waals surface area contributed by atoms with Crippen molar-refractivity contribution in [3.63, 3.8) is 0 Å². The number of aromatic amines is 1. The lowest BCUT2D eigenvalue weighted by molar-refractivity contribution is 0.0748. The summed E-state index contributed by atoms with van der Waals surface area (Å²) in [5.74, 6) is 0.953. The van der Waals surface area contributed by atoms with E-state index in [1.165, 1.54) is 0 Å². The zero-order valence-corrected chi connectivity index (χ0v) is 14.8. The number of H-pyrrole nitrogens is 1. The van der Waals surface area contributed by atoms with Gasteiger partial charge in [0, 0.05) is 31.6 Å². The maximum Gasteiger partial charge on any atom is 0.256 e. The monoisotopic (exact) mass is 350 g/mol. The topological polar surface area (TPSA) is 61.5 Å². The predicted molar refractivity (Wildman–Crippen MR) is 102 cm³/mol. The van der Waals surface area contributed by atoms with Crippen LogP contribution in [-0.2, 0) is 0 Å². The van der Waals surface area contributed by atoms with Gasteiger partial charge in [-0.1, -0.05) is 24.3 Å². The van der Waals surface area contributed by atoms with E-state index in [1.54, 1.807) is 6.20 Å². The third-order valence-corrected chi connectivity index (χ3v) is 4.78. The molecule has 4 rings (SSSR count). The Morgan fingerprint density at radius 3 is 2.73 bits per heavy atom. The van der Waals surface area contributed by atoms with Gasteiger partial charge in [-0.05, 0) is 25.1 Å². The molecule has 1 aliphatic rings. The highest BCUT2D eigenvalue weighted by Gasteiger charge is 2.25. The van der Waals surface area contributed by atoms with Gasteiger partial charge >= 0.3 is 0 Å². The van der Waals surface area contributed by atoms with Crippen molar-refractivity contribution in [2.45, 2.75) is 6.92 Å². The molecule has 2 heterocycles. The molecule has 0 saturated carbocycles. The van der Waals surface area contributed by atoms with E-state index >= 15 is 0 Å². The van der Waals surface area contributed by atoms with Gasteiger partial charge < -0.3 is 14.5 Å². The summed E-state index contributed by atoms with van der Waals surface area (Å²) in [4.78, 5) is 17.2. The Balaban J connectivity index is 1.49. The Morgan fingerprint density at radius 2 is 1.92 bits per heavy atom. The lowest BCUT2D eigenvalue weighted by atomic mass is 10.1. The Kier molecular flexibility index (Phi) is 4.48. The summed E-state index contributed by atoms with van der Waals surface area (Å²) in [7, 11) is 0. The molecule has 0 unspecified atom stereocenters. The summed E-state index contributed by atoms with van der Waals surface area (Å²) in [5, 5.41) is 7.95. The number of para-hydroxylation sites is 3. The molecule has 0 atom stereocenters. The van der Waals surface area contributed by atoms with Gasteiger partial charge in [0.25, 0.3) is 5.91 Å². The van der Waals surface area contributed by atoms with Crippen LogP contribution in [0.25, 0.3) is 10.9 Å². The number of amides is 1. The van der Waals surface area contributed by atoms with E-state index in [9.17, 15) is 4.79 Å². The number of carbonyl (C=O) groups excluding carboxylic acids is 1. The van der Waals surface area contributed by atoms with E-state index in [2.05, 4.69) is 21.2 Å². The number of anilines is 1. The molecule has 3 aromatic rings. The highest BCUT2D eigenvalue weighted by Crippen LogP contribution is 2.29. The van der Waals surface area contributed by atoms with Crippen LogP contribution in [0.1, 0.15) is 17.3 Å². The maximum atomic E-state index is 13.0. The van der Waals surface area contributed by atoms with Crippen LogP contribution in [0.3, 0.4) is 0 Å². The van der Waals surface area contributed by atoms with Gasteiger partial charge in [-0.2, -0.15) is 5.10 Å². The van der Waals surface area contributed by atoms with Gasteiger partial charge in [-0.3, -0.25) is 9.89 Å². The minimum atomic E-state index is 0.0533. The molecule has 0 bridgehead atoms. The van der Waals surface area contributed by atoms with Crippen molar-refractivity contribution in [1.29, 1.82) is 0 Å². The van der Waals surface area contributed by atoms with Crippen LogP contribution < -0.4 is 9.64 Å². The molecular weight excluding hydrogens is 328 g/mol. The smallest absolute Gasteiger partial charge is 0.256 e. The van der Waals surface area contributed by atoms with Crippen molar-refractivity contribution in [3.05, 3.63) is 54.2 Å². The average Bonchev–Trinajstić information content (AvgIpc) is 3.17. The van der Waals surface area contributed by atoms with Crippen LogP contribution in [0.5, 0.6) is 5.75 Å². The number of aromatic nitrogens is 2. The van der Waals surface area contributed by atoms with Crippen molar-refractivity contribution in [2.24, 2.45) is 0 Å². The number of nitrogens with zero attached hydrogens (tertiary/aromatic N) is 3. The van der Waals surface area contributed by atoms with Crippen molar-refractivity contribution < 1.29 is 9.53 Å². The van der Waals surface area contributed by atoms with E-state index in [4.69, 9.17) is 4.74 Å². The van der Waals surface area contributed by atoms with Gasteiger partial charge in [0.2, 0.25) is 0 Å². The first kappa shape index (κ1) is 16.4. The molecule has 1 fully saturated rings. The number of nitrogens with one attached hydrogen (secondary N) is 1. The highest BCUT2D eigenvalue weighted by molar-refractivity contribution is 6.05. The van der Waals surface area contributed by atoms with Crippen molar-refractivity contribution >= 4 is 22.5 Å². The molecular formula is C20H22N4O2. The van der Waals surface area contributed by atoms with Crippen LogP contribution in [0, 0.1) is 0 Å². The number of benzene rings is 2. The molecule has 1 aliphatic heterocycles. The average molecular weight is 350 g/mol. The SMILES string of the molecule is CCOc1ccccc1N1CCN(C(=O)c2cccc3cn[nH]c23)CC1. The number of hydrogen-bond donors (Lipinski definition) is 1. The lowest BCUT2D eigenvalue weighted by Gasteiger charge is -2.36. The van der Waals surface area contributed by atoms with Crippen LogP contribution >= 0.6 is 0 Å². The summed E-state index contributed by atoms with van der Waals surface area (Å²) < 4.78 is 5.74. The van der Waals surface area contributed by atoms with E-state index in [-0.39, 0.29) is 5.91 Å². The molecule has 1 aromatic heterocycles. The predicted octanol–water partition coefficient (Wildman–Crippen LogP) is 2.92. The van der Waals surface area contributed by atoms with Gasteiger partial charge in [-0.15, -0.1) is 0 Å². The molecule has 0 aliphatic carbocycles. The first-order valence-corrected chi connectivity index (χ1v) is 8.96. The summed E-state index contributed by atoms with van der Waals surface area (Å²) in [5.41, 5.74) is 2.59. The second-order valence-electron chi connectivity index (χ2n) is 6.32. The molecule has 1 saturated heterocycles. The van der Waals surface area contributed by atoms with Crippen molar-refractivity contribution in [1.82, 2.24) is 15.1 Å². The number of hydrogen-bond acceptors (Lipinski definition) is 4. The Morgan fingerprint density at radius 1 is 1.12 bits per heavy atom. The Bertz CT molecular complexity index is 913. The van der Waals surface area contributed by atoms with E-state index < -0.39 is 0 Å². The zero-order chi connectivity index (χ0) is 17.9. The molecule has 2 aromatic carbocycles. The fourth-order valence-corrected chi connectivity index (χ4v) is 3.46. The third kappa shape index (κ3) is 2.98. The summed E-state index contributed by atoms with van der Waals surface area (Å²) in [6.45, 7) is 5.57. The molecule has 6 nitrogen and oxygen atoms in total. The Hall–Kier alpha value is -3.02. The second kappa shape index (κ2) is 7.07. The lowest BCUT2D eigenvalue weighted by Crippen LogP contribution is -2.49. The van der Waals surface area contributed by atoms with Crippen LogP contribution in [0.4, 0.5) is 5.69 Å². The molecule has 0 radical (unpaired) electrons. The largest absolute Gasteiger partial charge is 0.492 e. The number of piperazine rings is 1. The van der Waals surface area contributed by atoms with Crippen molar-refractivity contribution in [2.75, 3.05) is 37.7 Å². The van der Waals surface area contributed by atoms with Crippen LogP contribution in [-0.4, -0.2) is 53.8 Å². The number of rotatable bonds is 4. The molecule has 134 valence electrons. The zero-order valence-electron chi connectivity index (χ0n) is 14.8. The molecule has 26 heavy (non-hydrogen) atoms. The quantitative estimate of drug-likeness (QED) is 0.786. The van der Waals surface area contributed by atoms with E-state index in [0.29, 0.717) is 25.3 Å². The number of fused-ring (bicyclic) bond motifs is 1. The molecule has 6 heteroatoms. The maximum absolute atomic E-state index is 13.0. The van der Waals surface area contributed by atoms with Gasteiger partial charge in [0.1, 0.15) is 5.75 Å². The van der Waals surface area contributed by atoms with E-state index in [1.807, 2.05) is 48.2 Å². The fraction of sp³-hybridized carbons (Fsp3) is 0.300. The van der Waals surface area contributed by atoms with Gasteiger partial charge in [0.05, 0.1) is 29.6 Å². The minimum Gasteiger partial charge on any atom is -0.492 e. The van der Waals surface area contributed by atoms with Crippen LogP contribution in [0.2, 0.25) is 0 Å². The van der Waals surface area contributed by atoms with Gasteiger partial charge in [0.15, 0.2) is 0 Å². The fourth-order valence-electron chi connectivity index (χ4n) is 3.46. The second-order valence-corrected chi connectivity index (χ2v) is 6.32. The summed E-state index contributed by atoms with van der Waals surface area (Å²) >= 11 is 0. The first-order chi connectivity index (χ1) is 12.8.